The van der Waals surface area contributed by atoms with E-state index in [-0.39, 0.29) is 12.5 Å². The van der Waals surface area contributed by atoms with Crippen LogP contribution in [0.3, 0.4) is 0 Å². The van der Waals surface area contributed by atoms with Gasteiger partial charge in [-0.3, -0.25) is 14.4 Å². The number of aliphatic carboxylic acids is 2. The summed E-state index contributed by atoms with van der Waals surface area (Å²) in [6, 6.07) is -2.02. The minimum Gasteiger partial charge on any atom is -0.480 e. The molecule has 2 rings (SSSR count). The van der Waals surface area contributed by atoms with E-state index in [1.807, 2.05) is 0 Å². The summed E-state index contributed by atoms with van der Waals surface area (Å²) < 4.78 is 5.74. The third-order valence-corrected chi connectivity index (χ3v) is 4.78. The number of hydrogen-bond acceptors (Lipinski definition) is 6. The number of carboxylic acids is 2. The zero-order valence-corrected chi connectivity index (χ0v) is 13.2. The van der Waals surface area contributed by atoms with Gasteiger partial charge < -0.3 is 20.7 Å². The molecule has 1 aliphatic carbocycles. The predicted octanol–water partition coefficient (Wildman–Crippen LogP) is 0.0493. The molecule has 0 aromatic rings. The second kappa shape index (κ2) is 6.94. The van der Waals surface area contributed by atoms with Crippen molar-refractivity contribution >= 4 is 17.7 Å². The highest BCUT2D eigenvalue weighted by atomic mass is 16.5. The molecule has 0 amide bonds. The molecule has 0 spiro atoms. The number of carbonyl (C=O) groups is 3. The highest BCUT2D eigenvalue weighted by Crippen LogP contribution is 2.43. The Kier molecular flexibility index (Phi) is 5.38. The van der Waals surface area contributed by atoms with Gasteiger partial charge in [0.15, 0.2) is 11.5 Å². The minimum absolute atomic E-state index is 0.211. The van der Waals surface area contributed by atoms with E-state index in [1.165, 1.54) is 11.8 Å². The second-order valence-electron chi connectivity index (χ2n) is 6.37. The van der Waals surface area contributed by atoms with E-state index in [2.05, 4.69) is 0 Å². The minimum atomic E-state index is -1.55. The Labute approximate surface area is 134 Å². The summed E-state index contributed by atoms with van der Waals surface area (Å²) in [5, 5.41) is 18.6. The Morgan fingerprint density at radius 1 is 1.26 bits per heavy atom. The van der Waals surface area contributed by atoms with Crippen molar-refractivity contribution < 1.29 is 29.3 Å². The molecule has 1 saturated heterocycles. The van der Waals surface area contributed by atoms with E-state index < -0.39 is 42.1 Å². The maximum atomic E-state index is 12.8. The third-order valence-electron chi connectivity index (χ3n) is 4.78. The summed E-state index contributed by atoms with van der Waals surface area (Å²) in [6.07, 6.45) is 4.24. The summed E-state index contributed by atoms with van der Waals surface area (Å²) in [4.78, 5) is 36.8. The van der Waals surface area contributed by atoms with Crippen molar-refractivity contribution in [2.24, 2.45) is 11.7 Å². The van der Waals surface area contributed by atoms with E-state index in [0.29, 0.717) is 12.8 Å². The lowest BCUT2D eigenvalue weighted by atomic mass is 9.77. The highest BCUT2D eigenvalue weighted by Gasteiger charge is 2.60. The van der Waals surface area contributed by atoms with Crippen molar-refractivity contribution in [2.45, 2.75) is 56.8 Å². The fourth-order valence-electron chi connectivity index (χ4n) is 3.77. The van der Waals surface area contributed by atoms with Gasteiger partial charge in [0, 0.05) is 5.92 Å². The quantitative estimate of drug-likeness (QED) is 0.623. The van der Waals surface area contributed by atoms with Gasteiger partial charge in [-0.2, -0.15) is 0 Å². The molecule has 1 saturated carbocycles. The monoisotopic (exact) mass is 328 g/mol. The number of Topliss-reactive ketones (excluding diaryl/α,β-unsaturated/α-hetero) is 1. The molecule has 8 nitrogen and oxygen atoms in total. The van der Waals surface area contributed by atoms with E-state index in [4.69, 9.17) is 10.5 Å². The summed E-state index contributed by atoms with van der Waals surface area (Å²) in [5.41, 5.74) is 4.23. The number of rotatable bonds is 6. The molecule has 130 valence electrons. The Hall–Kier alpha value is -1.51. The van der Waals surface area contributed by atoms with E-state index >= 15 is 0 Å². The lowest BCUT2D eigenvalue weighted by Crippen LogP contribution is -2.64. The molecule has 8 heteroatoms. The standard InChI is InChI=1S/C15H24N2O6/c1-9(16)13(20)15(10-5-3-2-4-6-10)17(7-12(18)19)11(8-23-15)14(21)22/h9-11H,2-8,16H2,1H3,(H,18,19)(H,21,22)/t9-,11?,15?/m0/s1. The van der Waals surface area contributed by atoms with Crippen molar-refractivity contribution in [1.29, 1.82) is 0 Å². The molecule has 4 N–H and O–H groups in total. The van der Waals surface area contributed by atoms with Gasteiger partial charge in [0.05, 0.1) is 12.6 Å². The van der Waals surface area contributed by atoms with E-state index in [1.54, 1.807) is 0 Å². The number of ether oxygens (including phenoxy) is 1. The fourth-order valence-corrected chi connectivity index (χ4v) is 3.77. The molecule has 2 aliphatic rings. The van der Waals surface area contributed by atoms with Crippen molar-refractivity contribution in [3.05, 3.63) is 0 Å². The number of carbonyl (C=O) groups excluding carboxylic acids is 1. The highest BCUT2D eigenvalue weighted by molar-refractivity contribution is 5.93. The van der Waals surface area contributed by atoms with Crippen LogP contribution in [-0.2, 0) is 19.1 Å². The molecule has 2 unspecified atom stereocenters. The van der Waals surface area contributed by atoms with Gasteiger partial charge >= 0.3 is 11.9 Å². The van der Waals surface area contributed by atoms with Gasteiger partial charge in [-0.05, 0) is 19.8 Å². The summed E-state index contributed by atoms with van der Waals surface area (Å²) in [6.45, 7) is 0.743. The lowest BCUT2D eigenvalue weighted by molar-refractivity contribution is -0.177. The van der Waals surface area contributed by atoms with Crippen molar-refractivity contribution in [3.63, 3.8) is 0 Å². The molecule has 3 atom stereocenters. The Bertz CT molecular complexity index is 488. The van der Waals surface area contributed by atoms with E-state index in [9.17, 15) is 24.6 Å². The van der Waals surface area contributed by atoms with Gasteiger partial charge in [0.25, 0.3) is 0 Å². The number of nitrogens with zero attached hydrogens (tertiary/aromatic N) is 1. The first kappa shape index (κ1) is 17.8. The van der Waals surface area contributed by atoms with Crippen LogP contribution in [0.5, 0.6) is 0 Å². The molecule has 0 bridgehead atoms. The number of ketones is 1. The Balaban J connectivity index is 2.46. The van der Waals surface area contributed by atoms with Crippen LogP contribution in [0.2, 0.25) is 0 Å². The van der Waals surface area contributed by atoms with Crippen LogP contribution in [0, 0.1) is 5.92 Å². The van der Waals surface area contributed by atoms with Crippen LogP contribution < -0.4 is 5.73 Å². The van der Waals surface area contributed by atoms with Crippen molar-refractivity contribution in [1.82, 2.24) is 4.90 Å². The molecular formula is C15H24N2O6. The van der Waals surface area contributed by atoms with Gasteiger partial charge in [-0.1, -0.05) is 19.3 Å². The van der Waals surface area contributed by atoms with E-state index in [0.717, 1.165) is 19.3 Å². The number of carboxylic acid groups (broad SMARTS) is 2. The summed E-state index contributed by atoms with van der Waals surface area (Å²) in [5.74, 6) is -3.06. The van der Waals surface area contributed by atoms with Crippen molar-refractivity contribution in [2.75, 3.05) is 13.2 Å². The molecule has 1 heterocycles. The molecular weight excluding hydrogens is 304 g/mol. The van der Waals surface area contributed by atoms with Crippen LogP contribution in [0.15, 0.2) is 0 Å². The Morgan fingerprint density at radius 3 is 2.35 bits per heavy atom. The SMILES string of the molecule is C[C@H](N)C(=O)C1(C2CCCCC2)OCC(C(=O)O)N1CC(=O)O. The summed E-state index contributed by atoms with van der Waals surface area (Å²) >= 11 is 0. The van der Waals surface area contributed by atoms with Crippen LogP contribution in [0.25, 0.3) is 0 Å². The smallest absolute Gasteiger partial charge is 0.323 e. The maximum Gasteiger partial charge on any atom is 0.323 e. The third kappa shape index (κ3) is 3.24. The molecule has 23 heavy (non-hydrogen) atoms. The zero-order valence-electron chi connectivity index (χ0n) is 13.2. The topological polar surface area (TPSA) is 130 Å². The molecule has 0 aromatic heterocycles. The number of hydrogen-bond donors (Lipinski definition) is 3. The zero-order chi connectivity index (χ0) is 17.2. The fraction of sp³-hybridized carbons (Fsp3) is 0.800. The summed E-state index contributed by atoms with van der Waals surface area (Å²) in [7, 11) is 0. The van der Waals surface area contributed by atoms with Crippen LogP contribution in [0.4, 0.5) is 0 Å². The molecule has 1 aliphatic heterocycles. The predicted molar refractivity (Wildman–Crippen MR) is 79.7 cm³/mol. The van der Waals surface area contributed by atoms with Gasteiger partial charge in [-0.25, -0.2) is 4.90 Å². The molecule has 0 aromatic carbocycles. The Morgan fingerprint density at radius 2 is 1.87 bits per heavy atom. The normalized spacial score (nSPS) is 31.0. The largest absolute Gasteiger partial charge is 0.480 e. The van der Waals surface area contributed by atoms with Crippen LogP contribution >= 0.6 is 0 Å². The first-order valence-electron chi connectivity index (χ1n) is 7.96. The molecule has 2 fully saturated rings. The first-order chi connectivity index (χ1) is 10.8. The first-order valence-corrected chi connectivity index (χ1v) is 7.96. The maximum absolute atomic E-state index is 12.8. The van der Waals surface area contributed by atoms with Crippen molar-refractivity contribution in [3.8, 4) is 0 Å². The average molecular weight is 328 g/mol. The molecule has 0 radical (unpaired) electrons. The van der Waals surface area contributed by atoms with Crippen LogP contribution in [0.1, 0.15) is 39.0 Å². The average Bonchev–Trinajstić information content (AvgIpc) is 2.87. The second-order valence-corrected chi connectivity index (χ2v) is 6.37. The van der Waals surface area contributed by atoms with Crippen LogP contribution in [-0.4, -0.2) is 63.8 Å². The van der Waals surface area contributed by atoms with Gasteiger partial charge in [0.2, 0.25) is 0 Å². The lowest BCUT2D eigenvalue weighted by Gasteiger charge is -2.44. The van der Waals surface area contributed by atoms with Gasteiger partial charge in [0.1, 0.15) is 12.6 Å². The van der Waals surface area contributed by atoms with Gasteiger partial charge in [-0.15, -0.1) is 0 Å². The number of nitrogens with two attached hydrogens (primary N) is 1.